The highest BCUT2D eigenvalue weighted by molar-refractivity contribution is 5.89. The maximum atomic E-state index is 11.6. The fourth-order valence-electron chi connectivity index (χ4n) is 2.43. The molecule has 0 radical (unpaired) electrons. The van der Waals surface area contributed by atoms with E-state index in [1.165, 1.54) is 6.20 Å². The van der Waals surface area contributed by atoms with Crippen LogP contribution in [-0.4, -0.2) is 36.4 Å². The molecule has 0 spiro atoms. The third-order valence-corrected chi connectivity index (χ3v) is 3.68. The van der Waals surface area contributed by atoms with E-state index in [9.17, 15) is 9.59 Å². The molecule has 1 fully saturated rings. The third-order valence-electron chi connectivity index (χ3n) is 3.68. The van der Waals surface area contributed by atoms with Gasteiger partial charge in [0.2, 0.25) is 0 Å². The number of anilines is 1. The van der Waals surface area contributed by atoms with Crippen molar-refractivity contribution in [2.45, 2.75) is 38.6 Å². The lowest BCUT2D eigenvalue weighted by molar-refractivity contribution is -0.120. The maximum Gasteiger partial charge on any atom is 0.339 e. The molecule has 2 rings (SSSR count). The van der Waals surface area contributed by atoms with Gasteiger partial charge < -0.3 is 9.64 Å². The Hall–Kier alpha value is -1.91. The van der Waals surface area contributed by atoms with Gasteiger partial charge in [0.15, 0.2) is 0 Å². The molecule has 0 unspecified atom stereocenters. The molecule has 1 aliphatic carbocycles. The lowest BCUT2D eigenvalue weighted by atomic mass is 9.93. The smallest absolute Gasteiger partial charge is 0.339 e. The summed E-state index contributed by atoms with van der Waals surface area (Å²) >= 11 is 0. The molecule has 0 aromatic carbocycles. The summed E-state index contributed by atoms with van der Waals surface area (Å²) in [5, 5.41) is 0. The van der Waals surface area contributed by atoms with E-state index in [4.69, 9.17) is 4.74 Å². The summed E-state index contributed by atoms with van der Waals surface area (Å²) in [6.45, 7) is 2.13. The summed E-state index contributed by atoms with van der Waals surface area (Å²) in [4.78, 5) is 29.2. The Kier molecular flexibility index (Phi) is 4.71. The summed E-state index contributed by atoms with van der Waals surface area (Å²) < 4.78 is 4.93. The van der Waals surface area contributed by atoms with Crippen molar-refractivity contribution in [2.75, 3.05) is 18.6 Å². The molecule has 1 aromatic rings. The number of hydrogen-bond acceptors (Lipinski definition) is 5. The minimum absolute atomic E-state index is 0.341. The Labute approximate surface area is 118 Å². The minimum Gasteiger partial charge on any atom is -0.462 e. The molecule has 5 heteroatoms. The molecular weight excluding hydrogens is 256 g/mol. The van der Waals surface area contributed by atoms with Gasteiger partial charge in [0, 0.05) is 32.1 Å². The maximum absolute atomic E-state index is 11.6. The highest BCUT2D eigenvalue weighted by Gasteiger charge is 2.23. The molecule has 0 N–H and O–H groups in total. The summed E-state index contributed by atoms with van der Waals surface area (Å²) in [5.74, 6) is 0.815. The Morgan fingerprint density at radius 2 is 2.10 bits per heavy atom. The predicted molar refractivity (Wildman–Crippen MR) is 75.9 cm³/mol. The molecule has 0 bridgehead atoms. The van der Waals surface area contributed by atoms with Crippen molar-refractivity contribution in [1.29, 1.82) is 0 Å². The van der Waals surface area contributed by atoms with Gasteiger partial charge in [-0.15, -0.1) is 0 Å². The van der Waals surface area contributed by atoms with Crippen molar-refractivity contribution in [2.24, 2.45) is 0 Å². The topological polar surface area (TPSA) is 59.5 Å². The molecule has 1 saturated carbocycles. The minimum atomic E-state index is -0.350. The number of hydrogen-bond donors (Lipinski definition) is 0. The van der Waals surface area contributed by atoms with Crippen LogP contribution in [0.15, 0.2) is 18.3 Å². The number of carbonyl (C=O) groups is 2. The van der Waals surface area contributed by atoms with Crippen molar-refractivity contribution >= 4 is 17.6 Å². The van der Waals surface area contributed by atoms with Crippen LogP contribution in [-0.2, 0) is 9.53 Å². The van der Waals surface area contributed by atoms with Crippen molar-refractivity contribution in [3.8, 4) is 0 Å². The Morgan fingerprint density at radius 1 is 1.40 bits per heavy atom. The molecule has 0 aliphatic heterocycles. The van der Waals surface area contributed by atoms with Crippen LogP contribution in [0.1, 0.15) is 43.0 Å². The van der Waals surface area contributed by atoms with Gasteiger partial charge in [-0.1, -0.05) is 0 Å². The average molecular weight is 276 g/mol. The number of ether oxygens (including phenoxy) is 1. The number of Topliss-reactive ketones (excluding diaryl/α,β-unsaturated/α-hetero) is 1. The number of pyridine rings is 1. The van der Waals surface area contributed by atoms with Crippen LogP contribution in [0, 0.1) is 0 Å². The largest absolute Gasteiger partial charge is 0.462 e. The SMILES string of the molecule is CCOC(=O)c1ccc(N(C)C2CCC(=O)CC2)nc1. The van der Waals surface area contributed by atoms with Gasteiger partial charge in [-0.2, -0.15) is 0 Å². The average Bonchev–Trinajstić information content (AvgIpc) is 2.48. The van der Waals surface area contributed by atoms with Crippen LogP contribution in [0.25, 0.3) is 0 Å². The zero-order valence-corrected chi connectivity index (χ0v) is 12.0. The van der Waals surface area contributed by atoms with Gasteiger partial charge in [-0.05, 0) is 31.9 Å². The van der Waals surface area contributed by atoms with Crippen LogP contribution in [0.4, 0.5) is 5.82 Å². The number of ketones is 1. The molecule has 1 aromatic heterocycles. The number of rotatable bonds is 4. The van der Waals surface area contributed by atoms with Crippen molar-refractivity contribution in [1.82, 2.24) is 4.98 Å². The first-order chi connectivity index (χ1) is 9.61. The second kappa shape index (κ2) is 6.50. The second-order valence-electron chi connectivity index (χ2n) is 5.01. The van der Waals surface area contributed by atoms with Crippen LogP contribution in [0.5, 0.6) is 0 Å². The lowest BCUT2D eigenvalue weighted by Gasteiger charge is -2.31. The van der Waals surface area contributed by atoms with Gasteiger partial charge in [0.05, 0.1) is 12.2 Å². The van der Waals surface area contributed by atoms with E-state index >= 15 is 0 Å². The molecule has 1 aliphatic rings. The summed E-state index contributed by atoms with van der Waals surface area (Å²) in [5.41, 5.74) is 0.461. The zero-order chi connectivity index (χ0) is 14.5. The number of carbonyl (C=O) groups excluding carboxylic acids is 2. The summed E-state index contributed by atoms with van der Waals surface area (Å²) in [6.07, 6.45) is 4.58. The van der Waals surface area contributed by atoms with Crippen LogP contribution in [0.3, 0.4) is 0 Å². The third kappa shape index (κ3) is 3.35. The Bertz CT molecular complexity index is 474. The van der Waals surface area contributed by atoms with Crippen LogP contribution >= 0.6 is 0 Å². The zero-order valence-electron chi connectivity index (χ0n) is 12.0. The van der Waals surface area contributed by atoms with E-state index in [1.54, 1.807) is 13.0 Å². The second-order valence-corrected chi connectivity index (χ2v) is 5.01. The van der Waals surface area contributed by atoms with E-state index in [2.05, 4.69) is 9.88 Å². The van der Waals surface area contributed by atoms with Crippen LogP contribution in [0.2, 0.25) is 0 Å². The van der Waals surface area contributed by atoms with Crippen molar-refractivity contribution in [3.05, 3.63) is 23.9 Å². The van der Waals surface area contributed by atoms with Crippen LogP contribution < -0.4 is 4.90 Å². The first-order valence-corrected chi connectivity index (χ1v) is 6.99. The van der Waals surface area contributed by atoms with Crippen molar-refractivity contribution in [3.63, 3.8) is 0 Å². The molecule has 0 atom stereocenters. The van der Waals surface area contributed by atoms with Gasteiger partial charge >= 0.3 is 5.97 Å². The molecule has 1 heterocycles. The first kappa shape index (κ1) is 14.5. The standard InChI is InChI=1S/C15H20N2O3/c1-3-20-15(19)11-4-9-14(16-10-11)17(2)12-5-7-13(18)8-6-12/h4,9-10,12H,3,5-8H2,1-2H3. The van der Waals surface area contributed by atoms with Gasteiger partial charge in [0.1, 0.15) is 11.6 Å². The van der Waals surface area contributed by atoms with Crippen molar-refractivity contribution < 1.29 is 14.3 Å². The Balaban J connectivity index is 2.02. The fraction of sp³-hybridized carbons (Fsp3) is 0.533. The highest BCUT2D eigenvalue weighted by Crippen LogP contribution is 2.23. The number of aromatic nitrogens is 1. The molecule has 0 amide bonds. The van der Waals surface area contributed by atoms with E-state index in [1.807, 2.05) is 13.1 Å². The van der Waals surface area contributed by atoms with E-state index in [0.717, 1.165) is 18.7 Å². The predicted octanol–water partition coefficient (Wildman–Crippen LogP) is 2.21. The van der Waals surface area contributed by atoms with E-state index in [-0.39, 0.29) is 5.97 Å². The normalized spacial score (nSPS) is 16.0. The summed E-state index contributed by atoms with van der Waals surface area (Å²) in [7, 11) is 1.98. The molecule has 5 nitrogen and oxygen atoms in total. The highest BCUT2D eigenvalue weighted by atomic mass is 16.5. The monoisotopic (exact) mass is 276 g/mol. The molecular formula is C15H20N2O3. The van der Waals surface area contributed by atoms with Gasteiger partial charge in [-0.3, -0.25) is 4.79 Å². The molecule has 108 valence electrons. The summed E-state index contributed by atoms with van der Waals surface area (Å²) in [6, 6.07) is 3.89. The van der Waals surface area contributed by atoms with Gasteiger partial charge in [0.25, 0.3) is 0 Å². The van der Waals surface area contributed by atoms with Gasteiger partial charge in [-0.25, -0.2) is 9.78 Å². The van der Waals surface area contributed by atoms with E-state index in [0.29, 0.717) is 36.8 Å². The molecule has 0 saturated heterocycles. The number of esters is 1. The first-order valence-electron chi connectivity index (χ1n) is 6.99. The lowest BCUT2D eigenvalue weighted by Crippen LogP contribution is -2.35. The molecule has 20 heavy (non-hydrogen) atoms. The fourth-order valence-corrected chi connectivity index (χ4v) is 2.43. The number of nitrogens with zero attached hydrogens (tertiary/aromatic N) is 2. The van der Waals surface area contributed by atoms with E-state index < -0.39 is 0 Å². The Morgan fingerprint density at radius 3 is 2.65 bits per heavy atom. The quantitative estimate of drug-likeness (QED) is 0.789.